The van der Waals surface area contributed by atoms with Gasteiger partial charge in [-0.25, -0.2) is 0 Å². The Morgan fingerprint density at radius 1 is 1.15 bits per heavy atom. The summed E-state index contributed by atoms with van der Waals surface area (Å²) in [7, 11) is 0. The predicted octanol–water partition coefficient (Wildman–Crippen LogP) is 4.51. The molecule has 2 aromatic rings. The lowest BCUT2D eigenvalue weighted by molar-refractivity contribution is -0.274. The third-order valence-electron chi connectivity index (χ3n) is 3.62. The first-order chi connectivity index (χ1) is 12.2. The molecule has 0 amide bonds. The fraction of sp³-hybridized carbons (Fsp3) is 0.316. The minimum Gasteiger partial charge on any atom is -0.466 e. The minimum absolute atomic E-state index is 0.0218. The molecule has 0 heterocycles. The highest BCUT2D eigenvalue weighted by Gasteiger charge is 2.31. The van der Waals surface area contributed by atoms with Crippen molar-refractivity contribution in [3.05, 3.63) is 53.6 Å². The van der Waals surface area contributed by atoms with Gasteiger partial charge in [0.2, 0.25) is 0 Å². The Bertz CT molecular complexity index is 775. The number of rotatable bonds is 6. The maximum Gasteiger partial charge on any atom is 0.573 e. The van der Waals surface area contributed by atoms with E-state index < -0.39 is 18.4 Å². The summed E-state index contributed by atoms with van der Waals surface area (Å²) in [4.78, 5) is 11.6. The Balaban J connectivity index is 2.29. The van der Waals surface area contributed by atoms with Gasteiger partial charge in [0.05, 0.1) is 13.0 Å². The Morgan fingerprint density at radius 2 is 1.88 bits per heavy atom. The quantitative estimate of drug-likeness (QED) is 0.763. The van der Waals surface area contributed by atoms with Crippen LogP contribution >= 0.6 is 0 Å². The molecule has 26 heavy (non-hydrogen) atoms. The van der Waals surface area contributed by atoms with Crippen LogP contribution in [0.4, 0.5) is 13.2 Å². The lowest BCUT2D eigenvalue weighted by Gasteiger charge is -2.15. The molecule has 0 bridgehead atoms. The van der Waals surface area contributed by atoms with Gasteiger partial charge in [0.1, 0.15) is 5.75 Å². The molecule has 140 valence electrons. The maximum absolute atomic E-state index is 12.4. The van der Waals surface area contributed by atoms with Gasteiger partial charge in [-0.3, -0.25) is 4.79 Å². The van der Waals surface area contributed by atoms with E-state index in [1.165, 1.54) is 18.2 Å². The molecular formula is C19H20F3NO3. The van der Waals surface area contributed by atoms with Crippen LogP contribution < -0.4 is 10.5 Å². The van der Waals surface area contributed by atoms with Crippen molar-refractivity contribution in [2.45, 2.75) is 32.7 Å². The van der Waals surface area contributed by atoms with Crippen LogP contribution in [0, 0.1) is 6.92 Å². The largest absolute Gasteiger partial charge is 0.573 e. The second kappa shape index (κ2) is 8.23. The van der Waals surface area contributed by atoms with Crippen LogP contribution in [-0.4, -0.2) is 18.9 Å². The number of alkyl halides is 3. The third kappa shape index (κ3) is 5.77. The molecule has 7 heteroatoms. The standard InChI is InChI=1S/C19H20F3NO3/c1-3-25-18(24)11-17(23)15-8-12(2)7-14(9-15)13-5-4-6-16(10-13)26-19(20,21)22/h4-10,17H,3,11,23H2,1-2H3/t17-/m0/s1. The number of hydrogen-bond acceptors (Lipinski definition) is 4. The van der Waals surface area contributed by atoms with Crippen LogP contribution in [0.25, 0.3) is 11.1 Å². The average Bonchev–Trinajstić information content (AvgIpc) is 2.53. The molecule has 0 aliphatic heterocycles. The van der Waals surface area contributed by atoms with E-state index in [0.717, 1.165) is 5.56 Å². The fourth-order valence-corrected chi connectivity index (χ4v) is 2.58. The Kier molecular flexibility index (Phi) is 6.26. The van der Waals surface area contributed by atoms with Gasteiger partial charge in [-0.1, -0.05) is 29.8 Å². The van der Waals surface area contributed by atoms with Gasteiger partial charge in [0, 0.05) is 6.04 Å². The second-order valence-electron chi connectivity index (χ2n) is 5.82. The molecule has 0 aromatic heterocycles. The molecule has 0 aliphatic rings. The average molecular weight is 367 g/mol. The highest BCUT2D eigenvalue weighted by molar-refractivity contribution is 5.71. The lowest BCUT2D eigenvalue weighted by Crippen LogP contribution is -2.17. The van der Waals surface area contributed by atoms with E-state index in [4.69, 9.17) is 10.5 Å². The van der Waals surface area contributed by atoms with E-state index in [0.29, 0.717) is 16.7 Å². The lowest BCUT2D eigenvalue weighted by atomic mass is 9.96. The monoisotopic (exact) mass is 367 g/mol. The van der Waals surface area contributed by atoms with Gasteiger partial charge in [-0.05, 0) is 48.7 Å². The summed E-state index contributed by atoms with van der Waals surface area (Å²) in [6.45, 7) is 3.83. The number of hydrogen-bond donors (Lipinski definition) is 1. The summed E-state index contributed by atoms with van der Waals surface area (Å²) >= 11 is 0. The summed E-state index contributed by atoms with van der Waals surface area (Å²) < 4.78 is 46.1. The van der Waals surface area contributed by atoms with Gasteiger partial charge in [0.25, 0.3) is 0 Å². The van der Waals surface area contributed by atoms with Crippen molar-refractivity contribution in [2.24, 2.45) is 5.73 Å². The first-order valence-electron chi connectivity index (χ1n) is 8.07. The molecule has 2 aromatic carbocycles. The smallest absolute Gasteiger partial charge is 0.466 e. The third-order valence-corrected chi connectivity index (χ3v) is 3.62. The number of aryl methyl sites for hydroxylation is 1. The summed E-state index contributed by atoms with van der Waals surface area (Å²) in [6.07, 6.45) is -4.73. The first-order valence-corrected chi connectivity index (χ1v) is 8.07. The Morgan fingerprint density at radius 3 is 2.54 bits per heavy atom. The molecule has 0 fully saturated rings. The number of carbonyl (C=O) groups is 1. The number of benzene rings is 2. The molecule has 0 aliphatic carbocycles. The molecule has 0 saturated carbocycles. The van der Waals surface area contributed by atoms with Gasteiger partial charge >= 0.3 is 12.3 Å². The summed E-state index contributed by atoms with van der Waals surface area (Å²) in [6, 6.07) is 10.6. The predicted molar refractivity (Wildman–Crippen MR) is 91.5 cm³/mol. The number of ether oxygens (including phenoxy) is 2. The topological polar surface area (TPSA) is 61.5 Å². The SMILES string of the molecule is CCOC(=O)C[C@H](N)c1cc(C)cc(-c2cccc(OC(F)(F)F)c2)c1. The fourth-order valence-electron chi connectivity index (χ4n) is 2.58. The van der Waals surface area contributed by atoms with Crippen LogP contribution in [0.2, 0.25) is 0 Å². The first kappa shape index (κ1) is 19.8. The zero-order valence-electron chi connectivity index (χ0n) is 14.5. The number of halogens is 3. The van der Waals surface area contributed by atoms with E-state index in [1.54, 1.807) is 19.1 Å². The number of esters is 1. The number of nitrogens with two attached hydrogens (primary N) is 1. The van der Waals surface area contributed by atoms with Crippen molar-refractivity contribution in [2.75, 3.05) is 6.61 Å². The van der Waals surface area contributed by atoms with Crippen molar-refractivity contribution >= 4 is 5.97 Å². The van der Waals surface area contributed by atoms with E-state index in [2.05, 4.69) is 4.74 Å². The second-order valence-corrected chi connectivity index (χ2v) is 5.82. The zero-order valence-corrected chi connectivity index (χ0v) is 14.5. The normalized spacial score (nSPS) is 12.5. The molecule has 0 radical (unpaired) electrons. The van der Waals surface area contributed by atoms with Gasteiger partial charge in [-0.15, -0.1) is 13.2 Å². The van der Waals surface area contributed by atoms with Crippen LogP contribution in [0.15, 0.2) is 42.5 Å². The van der Waals surface area contributed by atoms with Crippen molar-refractivity contribution < 1.29 is 27.4 Å². The molecule has 2 rings (SSSR count). The number of carbonyl (C=O) groups excluding carboxylic acids is 1. The Labute approximate surface area is 149 Å². The highest BCUT2D eigenvalue weighted by Crippen LogP contribution is 2.30. The van der Waals surface area contributed by atoms with E-state index >= 15 is 0 Å². The van der Waals surface area contributed by atoms with Gasteiger partial charge in [-0.2, -0.15) is 0 Å². The van der Waals surface area contributed by atoms with Gasteiger partial charge < -0.3 is 15.2 Å². The van der Waals surface area contributed by atoms with Crippen LogP contribution in [0.1, 0.15) is 30.5 Å². The summed E-state index contributed by atoms with van der Waals surface area (Å²) in [5, 5.41) is 0. The Hall–Kier alpha value is -2.54. The van der Waals surface area contributed by atoms with E-state index in [-0.39, 0.29) is 18.8 Å². The van der Waals surface area contributed by atoms with E-state index in [1.807, 2.05) is 19.1 Å². The zero-order chi connectivity index (χ0) is 19.3. The molecule has 1 atom stereocenters. The molecule has 0 spiro atoms. The van der Waals surface area contributed by atoms with Crippen molar-refractivity contribution in [1.29, 1.82) is 0 Å². The minimum atomic E-state index is -4.75. The summed E-state index contributed by atoms with van der Waals surface area (Å²) in [5.74, 6) is -0.697. The molecule has 4 nitrogen and oxygen atoms in total. The van der Waals surface area contributed by atoms with Crippen LogP contribution in [-0.2, 0) is 9.53 Å². The molecule has 2 N–H and O–H groups in total. The summed E-state index contributed by atoms with van der Waals surface area (Å²) in [5.41, 5.74) is 8.90. The maximum atomic E-state index is 12.4. The highest BCUT2D eigenvalue weighted by atomic mass is 19.4. The van der Waals surface area contributed by atoms with E-state index in [9.17, 15) is 18.0 Å². The van der Waals surface area contributed by atoms with Crippen molar-refractivity contribution in [3.63, 3.8) is 0 Å². The van der Waals surface area contributed by atoms with Crippen molar-refractivity contribution in [1.82, 2.24) is 0 Å². The van der Waals surface area contributed by atoms with Crippen LogP contribution in [0.5, 0.6) is 5.75 Å². The van der Waals surface area contributed by atoms with Crippen molar-refractivity contribution in [3.8, 4) is 16.9 Å². The molecule has 0 saturated heterocycles. The van der Waals surface area contributed by atoms with Gasteiger partial charge in [0.15, 0.2) is 0 Å². The van der Waals surface area contributed by atoms with Crippen LogP contribution in [0.3, 0.4) is 0 Å². The molecular weight excluding hydrogens is 347 g/mol. The molecule has 0 unspecified atom stereocenters.